The van der Waals surface area contributed by atoms with Crippen LogP contribution in [-0.2, 0) is 4.74 Å². The van der Waals surface area contributed by atoms with Gasteiger partial charge >= 0.3 is 0 Å². The van der Waals surface area contributed by atoms with Gasteiger partial charge in [-0.1, -0.05) is 87.3 Å². The van der Waals surface area contributed by atoms with Gasteiger partial charge in [-0.2, -0.15) is 4.39 Å². The molecule has 0 aromatic rings. The Morgan fingerprint density at radius 1 is 0.875 bits per heavy atom. The minimum Gasteiger partial charge on any atom is -0.494 e. The maximum absolute atomic E-state index is 13.7. The molecule has 24 heavy (non-hydrogen) atoms. The van der Waals surface area contributed by atoms with E-state index in [1.807, 2.05) is 6.92 Å². The quantitative estimate of drug-likeness (QED) is 0.318. The largest absolute Gasteiger partial charge is 0.494 e. The van der Waals surface area contributed by atoms with Crippen molar-refractivity contribution in [3.8, 4) is 0 Å². The normalized spacial score (nSPS) is 13.2. The van der Waals surface area contributed by atoms with Gasteiger partial charge in [-0.15, -0.1) is 0 Å². The van der Waals surface area contributed by atoms with Crippen molar-refractivity contribution in [3.05, 3.63) is 36.1 Å². The number of halogens is 2. The third-order valence-electron chi connectivity index (χ3n) is 3.35. The van der Waals surface area contributed by atoms with Gasteiger partial charge in [0.05, 0.1) is 7.11 Å². The molecular weight excluding hydrogens is 306 g/mol. The molecular formula is C21H40F2O. The topological polar surface area (TPSA) is 9.23 Å². The first-order valence-corrected chi connectivity index (χ1v) is 9.15. The highest BCUT2D eigenvalue weighted by Crippen LogP contribution is 2.30. The molecule has 0 N–H and O–H groups in total. The zero-order valence-electron chi connectivity index (χ0n) is 17.3. The molecule has 0 aliphatic rings. The molecule has 0 aromatic carbocycles. The molecule has 0 heterocycles. The zero-order chi connectivity index (χ0) is 19.7. The van der Waals surface area contributed by atoms with Crippen LogP contribution in [0, 0.1) is 11.8 Å². The van der Waals surface area contributed by atoms with Gasteiger partial charge in [0, 0.05) is 0 Å². The first kappa shape index (κ1) is 27.7. The molecule has 144 valence electrons. The van der Waals surface area contributed by atoms with E-state index in [1.54, 1.807) is 0 Å². The van der Waals surface area contributed by atoms with E-state index in [2.05, 4.69) is 59.4 Å². The molecule has 0 aromatic heterocycles. The molecule has 0 aliphatic heterocycles. The number of hydrogen-bond donors (Lipinski definition) is 0. The number of ether oxygens (including phenoxy) is 1. The van der Waals surface area contributed by atoms with Gasteiger partial charge < -0.3 is 4.74 Å². The minimum atomic E-state index is -1.06. The Hall–Kier alpha value is -1.12. The second kappa shape index (κ2) is 18.2. The van der Waals surface area contributed by atoms with Gasteiger partial charge in [0.2, 0.25) is 0 Å². The average Bonchev–Trinajstić information content (AvgIpc) is 2.57. The Kier molecular flexibility index (Phi) is 21.0. The van der Waals surface area contributed by atoms with E-state index in [0.29, 0.717) is 5.92 Å². The highest BCUT2D eigenvalue weighted by atomic mass is 19.2. The Balaban J connectivity index is -0.000000635. The van der Waals surface area contributed by atoms with Crippen LogP contribution in [0.15, 0.2) is 36.1 Å². The molecule has 0 aliphatic carbocycles. The molecule has 0 spiro atoms. The van der Waals surface area contributed by atoms with Crippen LogP contribution >= 0.6 is 0 Å². The van der Waals surface area contributed by atoms with Crippen molar-refractivity contribution >= 4 is 0 Å². The molecule has 2 atom stereocenters. The smallest absolute Gasteiger partial charge is 0.200 e. The van der Waals surface area contributed by atoms with Crippen molar-refractivity contribution in [2.45, 2.75) is 80.6 Å². The molecule has 0 saturated carbocycles. The second-order valence-corrected chi connectivity index (χ2v) is 6.19. The van der Waals surface area contributed by atoms with E-state index >= 15 is 0 Å². The summed E-state index contributed by atoms with van der Waals surface area (Å²) in [4.78, 5) is 0. The second-order valence-electron chi connectivity index (χ2n) is 6.19. The van der Waals surface area contributed by atoms with Crippen LogP contribution in [0.3, 0.4) is 0 Å². The van der Waals surface area contributed by atoms with Gasteiger partial charge in [-0.05, 0) is 23.8 Å². The summed E-state index contributed by atoms with van der Waals surface area (Å²) in [6.07, 6.45) is 5.37. The maximum atomic E-state index is 13.7. The number of rotatable bonds is 8. The number of allylic oxidation sites excluding steroid dienone is 3. The Morgan fingerprint density at radius 2 is 1.29 bits per heavy atom. The molecule has 3 heteroatoms. The molecule has 0 rings (SSSR count). The summed E-state index contributed by atoms with van der Waals surface area (Å²) in [5.74, 6) is -1.81. The summed E-state index contributed by atoms with van der Waals surface area (Å²) in [6.45, 7) is 21.5. The fourth-order valence-corrected chi connectivity index (χ4v) is 1.48. The average molecular weight is 347 g/mol. The van der Waals surface area contributed by atoms with E-state index in [4.69, 9.17) is 0 Å². The fraction of sp³-hybridized carbons (Fsp3) is 0.714. The van der Waals surface area contributed by atoms with Crippen LogP contribution in [0.2, 0.25) is 0 Å². The summed E-state index contributed by atoms with van der Waals surface area (Å²) >= 11 is 0. The van der Waals surface area contributed by atoms with Crippen molar-refractivity contribution in [1.29, 1.82) is 0 Å². The highest BCUT2D eigenvalue weighted by Gasteiger charge is 2.18. The van der Waals surface area contributed by atoms with E-state index in [-0.39, 0.29) is 17.3 Å². The first-order chi connectivity index (χ1) is 11.2. The first-order valence-electron chi connectivity index (χ1n) is 9.15. The van der Waals surface area contributed by atoms with Crippen molar-refractivity contribution < 1.29 is 13.5 Å². The molecule has 0 bridgehead atoms. The van der Waals surface area contributed by atoms with Gasteiger partial charge in [-0.3, -0.25) is 0 Å². The Morgan fingerprint density at radius 3 is 1.62 bits per heavy atom. The standard InChI is InChI=1S/C15H24F2O.2C3H8/c1-7-10(2)8-9-11(3)12(4)14(16)15(17)13(5)18-6;2*1-3-2/h10-11H,4-5,7-9H2,1-3,6H3;2*3H2,1-2H3/b15-14-;;. The SMILES string of the molecule is C=C(OC)/C(F)=C(/F)C(=C)C(C)CCC(C)CC.CCC.CCC. The predicted octanol–water partition coefficient (Wildman–Crippen LogP) is 8.15. The van der Waals surface area contributed by atoms with Gasteiger partial charge in [0.15, 0.2) is 11.7 Å². The third kappa shape index (κ3) is 14.5. The highest BCUT2D eigenvalue weighted by molar-refractivity contribution is 5.33. The summed E-state index contributed by atoms with van der Waals surface area (Å²) in [7, 11) is 1.25. The van der Waals surface area contributed by atoms with Crippen LogP contribution < -0.4 is 0 Å². The maximum Gasteiger partial charge on any atom is 0.200 e. The molecule has 0 amide bonds. The van der Waals surface area contributed by atoms with Gasteiger partial charge in [-0.25, -0.2) is 4.39 Å². The lowest BCUT2D eigenvalue weighted by Gasteiger charge is -2.16. The molecule has 0 saturated heterocycles. The zero-order valence-corrected chi connectivity index (χ0v) is 17.3. The summed E-state index contributed by atoms with van der Waals surface area (Å²) in [6, 6.07) is 0. The van der Waals surface area contributed by atoms with Gasteiger partial charge in [0.25, 0.3) is 0 Å². The van der Waals surface area contributed by atoms with Crippen LogP contribution in [0.1, 0.15) is 80.6 Å². The van der Waals surface area contributed by atoms with Gasteiger partial charge in [0.1, 0.15) is 5.76 Å². The lowest BCUT2D eigenvalue weighted by atomic mass is 9.91. The molecule has 0 fully saturated rings. The molecule has 0 radical (unpaired) electrons. The van der Waals surface area contributed by atoms with E-state index < -0.39 is 11.7 Å². The summed E-state index contributed by atoms with van der Waals surface area (Å²) in [5.41, 5.74) is 0.175. The predicted molar refractivity (Wildman–Crippen MR) is 104 cm³/mol. The number of hydrogen-bond acceptors (Lipinski definition) is 1. The lowest BCUT2D eigenvalue weighted by Crippen LogP contribution is -2.04. The van der Waals surface area contributed by atoms with E-state index in [0.717, 1.165) is 19.3 Å². The monoisotopic (exact) mass is 346 g/mol. The van der Waals surface area contributed by atoms with Crippen LogP contribution in [0.4, 0.5) is 8.78 Å². The summed E-state index contributed by atoms with van der Waals surface area (Å²) < 4.78 is 31.8. The van der Waals surface area contributed by atoms with Crippen LogP contribution in [0.5, 0.6) is 0 Å². The van der Waals surface area contributed by atoms with Crippen molar-refractivity contribution in [3.63, 3.8) is 0 Å². The van der Waals surface area contributed by atoms with Crippen molar-refractivity contribution in [2.24, 2.45) is 11.8 Å². The molecule has 2 unspecified atom stereocenters. The van der Waals surface area contributed by atoms with E-state index in [9.17, 15) is 8.78 Å². The van der Waals surface area contributed by atoms with Crippen molar-refractivity contribution in [2.75, 3.05) is 7.11 Å². The van der Waals surface area contributed by atoms with Crippen LogP contribution in [-0.4, -0.2) is 7.11 Å². The summed E-state index contributed by atoms with van der Waals surface area (Å²) in [5, 5.41) is 0. The van der Waals surface area contributed by atoms with Crippen LogP contribution in [0.25, 0.3) is 0 Å². The fourth-order valence-electron chi connectivity index (χ4n) is 1.48. The molecule has 1 nitrogen and oxygen atoms in total. The number of methoxy groups -OCH3 is 1. The Labute approximate surface area is 149 Å². The third-order valence-corrected chi connectivity index (χ3v) is 3.35. The Bertz CT molecular complexity index is 357. The minimum absolute atomic E-state index is 0.0885. The lowest BCUT2D eigenvalue weighted by molar-refractivity contribution is 0.280. The van der Waals surface area contributed by atoms with Crippen molar-refractivity contribution in [1.82, 2.24) is 0 Å². The van der Waals surface area contributed by atoms with E-state index in [1.165, 1.54) is 20.0 Å².